The summed E-state index contributed by atoms with van der Waals surface area (Å²) in [6, 6.07) is 0. The number of aliphatic carboxylic acids is 4. The van der Waals surface area contributed by atoms with E-state index < -0.39 is 48.3 Å². The van der Waals surface area contributed by atoms with Gasteiger partial charge in [0.2, 0.25) is 0 Å². The summed E-state index contributed by atoms with van der Waals surface area (Å²) in [4.78, 5) is 37.4. The molecule has 0 heterocycles. The van der Waals surface area contributed by atoms with Gasteiger partial charge in [-0.05, 0) is 27.7 Å². The molecule has 0 saturated heterocycles. The van der Waals surface area contributed by atoms with Gasteiger partial charge >= 0.3 is 26.2 Å². The van der Waals surface area contributed by atoms with Crippen LogP contribution in [0.4, 0.5) is 0 Å². The van der Waals surface area contributed by atoms with E-state index in [2.05, 4.69) is 0 Å². The van der Waals surface area contributed by atoms with Crippen LogP contribution in [0.5, 0.6) is 0 Å². The predicted octanol–water partition coefficient (Wildman–Crippen LogP) is -7.37. The summed E-state index contributed by atoms with van der Waals surface area (Å²) in [5, 5.41) is 69.2. The Morgan fingerprint density at radius 1 is 0.538 bits per heavy atom. The van der Waals surface area contributed by atoms with Crippen LogP contribution in [-0.4, -0.2) is 68.7 Å². The number of carboxylic acids is 4. The first-order valence-electron chi connectivity index (χ1n) is 6.13. The van der Waals surface area contributed by atoms with E-state index in [0.29, 0.717) is 0 Å². The third-order valence-corrected chi connectivity index (χ3v) is 1.36. The van der Waals surface area contributed by atoms with Crippen molar-refractivity contribution >= 4 is 23.9 Å². The molecule has 0 aliphatic rings. The second-order valence-corrected chi connectivity index (χ2v) is 3.98. The van der Waals surface area contributed by atoms with Crippen molar-refractivity contribution in [3.8, 4) is 0 Å². The van der Waals surface area contributed by atoms with Gasteiger partial charge in [0.1, 0.15) is 0 Å². The standard InChI is InChI=1S/4C3H6O3.H3N.Zr/c4*1-2(4)3(5)6;;/h4*2,4H,1H3,(H,5,6);1H3;/q;;;;;+4/p-4. The van der Waals surface area contributed by atoms with Gasteiger partial charge in [0.25, 0.3) is 0 Å². The number of carbonyl (C=O) groups is 4. The van der Waals surface area contributed by atoms with Crippen molar-refractivity contribution in [3.63, 3.8) is 0 Å². The minimum absolute atomic E-state index is 0. The average Bonchev–Trinajstić information content (AvgIpc) is 2.40. The Balaban J connectivity index is -0.0000000500. The van der Waals surface area contributed by atoms with E-state index in [-0.39, 0.29) is 32.4 Å². The molecule has 0 spiro atoms. The fraction of sp³-hybridized carbons (Fsp3) is 0.667. The van der Waals surface area contributed by atoms with Gasteiger partial charge in [-0.3, -0.25) is 0 Å². The van der Waals surface area contributed by atoms with Crippen LogP contribution in [0, 0.1) is 0 Å². The molecular formula is C12H23NO12Zr. The second-order valence-electron chi connectivity index (χ2n) is 3.98. The Hall–Kier alpha value is -1.44. The third-order valence-electron chi connectivity index (χ3n) is 1.36. The smallest absolute Gasteiger partial charge is 0.547 e. The first-order valence-corrected chi connectivity index (χ1v) is 6.13. The molecule has 0 fully saturated rings. The molecule has 0 aliphatic heterocycles. The number of carboxylic acid groups (broad SMARTS) is 4. The Kier molecular flexibility index (Phi) is 35.9. The van der Waals surface area contributed by atoms with Crippen LogP contribution >= 0.6 is 0 Å². The zero-order valence-electron chi connectivity index (χ0n) is 14.6. The zero-order chi connectivity index (χ0) is 20.6. The quantitative estimate of drug-likeness (QED) is 0.259. The van der Waals surface area contributed by atoms with Gasteiger partial charge in [-0.2, -0.15) is 0 Å². The molecule has 7 N–H and O–H groups in total. The van der Waals surface area contributed by atoms with E-state index in [9.17, 15) is 39.6 Å². The molecule has 0 bridgehead atoms. The number of aliphatic hydroxyl groups excluding tert-OH is 4. The monoisotopic (exact) mass is 463 g/mol. The minimum Gasteiger partial charge on any atom is -0.547 e. The maximum absolute atomic E-state index is 9.34. The van der Waals surface area contributed by atoms with Crippen LogP contribution in [0.25, 0.3) is 0 Å². The molecule has 13 nitrogen and oxygen atoms in total. The van der Waals surface area contributed by atoms with Crippen molar-refractivity contribution in [1.82, 2.24) is 6.15 Å². The molecule has 0 aromatic carbocycles. The van der Waals surface area contributed by atoms with E-state index in [1.807, 2.05) is 0 Å². The summed E-state index contributed by atoms with van der Waals surface area (Å²) in [6.07, 6.45) is -5.37. The van der Waals surface area contributed by atoms with Crippen molar-refractivity contribution in [2.24, 2.45) is 0 Å². The first kappa shape index (κ1) is 39.6. The summed E-state index contributed by atoms with van der Waals surface area (Å²) in [6.45, 7) is 4.54. The molecule has 0 saturated carbocycles. The average molecular weight is 465 g/mol. The number of carbonyl (C=O) groups excluding carboxylic acids is 4. The molecule has 0 amide bonds. The molecule has 4 atom stereocenters. The molecule has 4 unspecified atom stereocenters. The van der Waals surface area contributed by atoms with Gasteiger partial charge in [-0.15, -0.1) is 0 Å². The molecule has 0 aromatic rings. The molecule has 152 valence electrons. The van der Waals surface area contributed by atoms with Gasteiger partial charge in [0.05, 0.1) is 48.3 Å². The maximum atomic E-state index is 9.34. The SMILES string of the molecule is CC(O)C(=O)[O-].CC(O)C(=O)[O-].CC(O)C(=O)[O-].CC(O)C(=O)[O-].N.[Zr+4]. The van der Waals surface area contributed by atoms with Crippen molar-refractivity contribution in [2.45, 2.75) is 52.1 Å². The van der Waals surface area contributed by atoms with E-state index in [1.165, 1.54) is 0 Å². The van der Waals surface area contributed by atoms with Gasteiger partial charge in [0.15, 0.2) is 0 Å². The van der Waals surface area contributed by atoms with Crippen molar-refractivity contribution < 1.29 is 86.2 Å². The largest absolute Gasteiger partial charge is 4.00 e. The van der Waals surface area contributed by atoms with Crippen LogP contribution in [0.1, 0.15) is 27.7 Å². The topological polar surface area (TPSA) is 276 Å². The van der Waals surface area contributed by atoms with Gasteiger partial charge < -0.3 is 66.2 Å². The number of aliphatic hydroxyl groups is 4. The third kappa shape index (κ3) is 49.5. The van der Waals surface area contributed by atoms with Crippen LogP contribution < -0.4 is 26.6 Å². The summed E-state index contributed by atoms with van der Waals surface area (Å²) in [7, 11) is 0. The molecule has 14 heteroatoms. The number of rotatable bonds is 4. The summed E-state index contributed by atoms with van der Waals surface area (Å²) < 4.78 is 0. The van der Waals surface area contributed by atoms with Crippen molar-refractivity contribution in [3.05, 3.63) is 0 Å². The Morgan fingerprint density at radius 3 is 0.577 bits per heavy atom. The minimum atomic E-state index is -1.44. The molecular weight excluding hydrogens is 441 g/mol. The van der Waals surface area contributed by atoms with E-state index >= 15 is 0 Å². The molecule has 0 rings (SSSR count). The number of hydrogen-bond acceptors (Lipinski definition) is 13. The van der Waals surface area contributed by atoms with Crippen LogP contribution in [0.15, 0.2) is 0 Å². The van der Waals surface area contributed by atoms with Crippen molar-refractivity contribution in [2.75, 3.05) is 0 Å². The Bertz CT molecular complexity index is 312. The maximum Gasteiger partial charge on any atom is 4.00 e. The molecule has 26 heavy (non-hydrogen) atoms. The Morgan fingerprint density at radius 2 is 0.577 bits per heavy atom. The summed E-state index contributed by atoms with van der Waals surface area (Å²) in [5.41, 5.74) is 0. The van der Waals surface area contributed by atoms with Crippen LogP contribution in [0.3, 0.4) is 0 Å². The summed E-state index contributed by atoms with van der Waals surface area (Å²) in [5.74, 6) is -5.74. The van der Waals surface area contributed by atoms with Gasteiger partial charge in [0, 0.05) is 0 Å². The molecule has 0 aliphatic carbocycles. The van der Waals surface area contributed by atoms with E-state index in [0.717, 1.165) is 27.7 Å². The van der Waals surface area contributed by atoms with E-state index in [1.54, 1.807) is 0 Å². The van der Waals surface area contributed by atoms with Crippen LogP contribution in [0.2, 0.25) is 0 Å². The first-order chi connectivity index (χ1) is 10.6. The fourth-order valence-corrected chi connectivity index (χ4v) is 0. The normalized spacial score (nSPS) is 12.6. The van der Waals surface area contributed by atoms with Gasteiger partial charge in [-0.25, -0.2) is 0 Å². The van der Waals surface area contributed by atoms with E-state index in [4.69, 9.17) is 20.4 Å². The number of hydrogen-bond donors (Lipinski definition) is 5. The molecule has 0 aromatic heterocycles. The summed E-state index contributed by atoms with van der Waals surface area (Å²) >= 11 is 0. The molecule has 0 radical (unpaired) electrons. The van der Waals surface area contributed by atoms with Gasteiger partial charge in [-0.1, -0.05) is 0 Å². The Labute approximate surface area is 168 Å². The second kappa shape index (κ2) is 23.6. The zero-order valence-corrected chi connectivity index (χ0v) is 17.0. The van der Waals surface area contributed by atoms with Crippen LogP contribution in [-0.2, 0) is 45.4 Å². The fourth-order valence-electron chi connectivity index (χ4n) is 0. The predicted molar refractivity (Wildman–Crippen MR) is 71.8 cm³/mol. The van der Waals surface area contributed by atoms with Crippen molar-refractivity contribution in [1.29, 1.82) is 0 Å².